The summed E-state index contributed by atoms with van der Waals surface area (Å²) in [4.78, 5) is 4.50. The molecule has 3 aromatic rings. The predicted octanol–water partition coefficient (Wildman–Crippen LogP) is 11.1. The minimum Gasteiger partial charge on any atom is -0.529 e. The van der Waals surface area contributed by atoms with Gasteiger partial charge in [-0.1, -0.05) is 147 Å². The molecule has 1 heterocycles. The van der Waals surface area contributed by atoms with Crippen LogP contribution in [0.25, 0.3) is 0 Å². The van der Waals surface area contributed by atoms with Gasteiger partial charge >= 0.3 is 0 Å². The molecule has 225 valence electrons. The molecular formula is C37H55NO2Y-2. The summed E-state index contributed by atoms with van der Waals surface area (Å²) in [5.41, 5.74) is 3.73. The first-order chi connectivity index (χ1) is 19.4. The van der Waals surface area contributed by atoms with E-state index in [0.29, 0.717) is 30.4 Å². The smallest absolute Gasteiger partial charge is 0.191 e. The Morgan fingerprint density at radius 1 is 0.780 bits per heavy atom. The summed E-state index contributed by atoms with van der Waals surface area (Å²) in [6.45, 7) is 18.5. The van der Waals surface area contributed by atoms with Gasteiger partial charge in [0.05, 0.1) is 6.61 Å². The number of hydrogen-bond donors (Lipinski definition) is 0. The van der Waals surface area contributed by atoms with Crippen LogP contribution >= 0.6 is 0 Å². The maximum atomic E-state index is 5.88. The Bertz CT molecular complexity index is 1010. The average Bonchev–Trinajstić information content (AvgIpc) is 3.01. The molecule has 0 saturated carbocycles. The van der Waals surface area contributed by atoms with Crippen molar-refractivity contribution >= 4 is 0 Å². The summed E-state index contributed by atoms with van der Waals surface area (Å²) in [5.74, 6) is 2.02. The average molecular weight is 635 g/mol. The van der Waals surface area contributed by atoms with Crippen molar-refractivity contribution in [2.24, 2.45) is 11.3 Å². The van der Waals surface area contributed by atoms with Crippen molar-refractivity contribution in [3.63, 3.8) is 0 Å². The van der Waals surface area contributed by atoms with Gasteiger partial charge in [0, 0.05) is 32.7 Å². The molecule has 0 spiro atoms. The van der Waals surface area contributed by atoms with Crippen molar-refractivity contribution in [1.82, 2.24) is 4.98 Å². The molecule has 0 N–H and O–H groups in total. The van der Waals surface area contributed by atoms with E-state index in [-0.39, 0.29) is 32.7 Å². The first-order valence-electron chi connectivity index (χ1n) is 15.3. The van der Waals surface area contributed by atoms with Crippen molar-refractivity contribution < 1.29 is 42.2 Å². The van der Waals surface area contributed by atoms with Crippen molar-refractivity contribution in [3.05, 3.63) is 102 Å². The minimum absolute atomic E-state index is 0. The predicted molar refractivity (Wildman–Crippen MR) is 173 cm³/mol. The zero-order valence-corrected chi connectivity index (χ0v) is 30.0. The van der Waals surface area contributed by atoms with Crippen LogP contribution in [0, 0.1) is 24.2 Å². The molecule has 0 bridgehead atoms. The van der Waals surface area contributed by atoms with Gasteiger partial charge in [-0.25, -0.2) is 4.98 Å². The van der Waals surface area contributed by atoms with Gasteiger partial charge in [-0.3, -0.25) is 0 Å². The minimum atomic E-state index is 0. The molecule has 0 aliphatic heterocycles. The van der Waals surface area contributed by atoms with Crippen LogP contribution < -0.4 is 9.47 Å². The summed E-state index contributed by atoms with van der Waals surface area (Å²) in [6.07, 6.45) is 12.6. The van der Waals surface area contributed by atoms with Gasteiger partial charge in [0.15, 0.2) is 5.88 Å². The molecule has 0 fully saturated rings. The van der Waals surface area contributed by atoms with E-state index in [9.17, 15) is 0 Å². The first kappa shape index (κ1) is 39.2. The van der Waals surface area contributed by atoms with Crippen LogP contribution in [-0.2, 0) is 45.9 Å². The summed E-state index contributed by atoms with van der Waals surface area (Å²) >= 11 is 0. The molecule has 3 nitrogen and oxygen atoms in total. The Kier molecular flexibility index (Phi) is 22.6. The molecule has 1 radical (unpaired) electrons. The second kappa shape index (κ2) is 23.7. The topological polar surface area (TPSA) is 31.4 Å². The monoisotopic (exact) mass is 634 g/mol. The molecule has 4 heteroatoms. The summed E-state index contributed by atoms with van der Waals surface area (Å²) < 4.78 is 11.7. The van der Waals surface area contributed by atoms with E-state index in [1.807, 2.05) is 100.0 Å². The third-order valence-electron chi connectivity index (χ3n) is 7.14. The fourth-order valence-corrected chi connectivity index (χ4v) is 4.18. The van der Waals surface area contributed by atoms with E-state index in [2.05, 4.69) is 46.0 Å². The van der Waals surface area contributed by atoms with E-state index in [0.717, 1.165) is 22.6 Å². The third kappa shape index (κ3) is 17.0. The van der Waals surface area contributed by atoms with Crippen molar-refractivity contribution in [2.45, 2.75) is 107 Å². The van der Waals surface area contributed by atoms with Crippen LogP contribution in [0.3, 0.4) is 0 Å². The standard InChI is InChI=1S/C21H20NO2.C14H29.C2H6.Y/c1-2-19-13-14-20(23-15-17-9-5-3-6-10-17)22-21(19)24-16-18-11-7-4-8-12-18;1-6-10-13(7-2)11-9-12-14(4,5)8-3;1-2;/h2-14H,15-16H2,1H3;7,13H,6,8-12H2,1-5H3;1-2H3;/q2*-1;;. The second-order valence-corrected chi connectivity index (χ2v) is 10.7. The number of benzene rings is 2. The number of rotatable bonds is 15. The van der Waals surface area contributed by atoms with Gasteiger partial charge in [-0.05, 0) is 23.0 Å². The zero-order valence-electron chi connectivity index (χ0n) is 27.2. The Balaban J connectivity index is 0.000000815. The molecule has 2 aromatic carbocycles. The summed E-state index contributed by atoms with van der Waals surface area (Å²) in [6, 6.07) is 23.9. The first-order valence-corrected chi connectivity index (χ1v) is 15.3. The Morgan fingerprint density at radius 3 is 1.83 bits per heavy atom. The number of pyridine rings is 1. The zero-order chi connectivity index (χ0) is 29.6. The number of ether oxygens (including phenoxy) is 2. The van der Waals surface area contributed by atoms with Gasteiger partial charge < -0.3 is 15.9 Å². The van der Waals surface area contributed by atoms with Crippen LogP contribution in [0.2, 0.25) is 0 Å². The molecule has 0 aliphatic carbocycles. The van der Waals surface area contributed by atoms with Gasteiger partial charge in [0.2, 0.25) is 0 Å². The van der Waals surface area contributed by atoms with E-state index >= 15 is 0 Å². The Morgan fingerprint density at radius 2 is 1.34 bits per heavy atom. The van der Waals surface area contributed by atoms with Crippen molar-refractivity contribution in [3.8, 4) is 11.8 Å². The number of hydrogen-bond acceptors (Lipinski definition) is 3. The van der Waals surface area contributed by atoms with Gasteiger partial charge in [-0.15, -0.1) is 5.56 Å². The molecule has 41 heavy (non-hydrogen) atoms. The van der Waals surface area contributed by atoms with E-state index in [1.165, 1.54) is 38.5 Å². The molecule has 3 rings (SSSR count). The third-order valence-corrected chi connectivity index (χ3v) is 7.14. The Labute approximate surface area is 278 Å². The quantitative estimate of drug-likeness (QED) is 0.156. The normalized spacial score (nSPS) is 11.0. The summed E-state index contributed by atoms with van der Waals surface area (Å²) in [5, 5.41) is 0. The van der Waals surface area contributed by atoms with E-state index in [1.54, 1.807) is 0 Å². The largest absolute Gasteiger partial charge is 0.529 e. The van der Waals surface area contributed by atoms with Gasteiger partial charge in [0.25, 0.3) is 0 Å². The fourth-order valence-electron chi connectivity index (χ4n) is 4.18. The molecular weight excluding hydrogens is 579 g/mol. The molecule has 1 unspecified atom stereocenters. The van der Waals surface area contributed by atoms with E-state index in [4.69, 9.17) is 9.47 Å². The molecule has 1 aromatic heterocycles. The molecule has 1 atom stereocenters. The van der Waals surface area contributed by atoms with Crippen LogP contribution in [0.1, 0.15) is 111 Å². The maximum Gasteiger partial charge on any atom is 0.191 e. The van der Waals surface area contributed by atoms with Gasteiger partial charge in [-0.2, -0.15) is 25.3 Å². The van der Waals surface area contributed by atoms with Crippen molar-refractivity contribution in [2.75, 3.05) is 0 Å². The molecule has 0 aliphatic rings. The van der Waals surface area contributed by atoms with E-state index < -0.39 is 0 Å². The maximum absolute atomic E-state index is 5.88. The number of aromatic nitrogens is 1. The molecule has 0 amide bonds. The van der Waals surface area contributed by atoms with Crippen LogP contribution in [-0.4, -0.2) is 4.98 Å². The van der Waals surface area contributed by atoms with Gasteiger partial charge in [0.1, 0.15) is 12.5 Å². The SMILES string of the molecule is CC.C[CH-]C(CCC)CCCC(C)(C)CC.C[CH-]c1ccc(OCc2ccccc2)nc1OCc1ccccc1.[Y]. The van der Waals surface area contributed by atoms with Crippen LogP contribution in [0.5, 0.6) is 11.8 Å². The molecule has 0 saturated heterocycles. The van der Waals surface area contributed by atoms with Crippen LogP contribution in [0.15, 0.2) is 72.8 Å². The van der Waals surface area contributed by atoms with Crippen molar-refractivity contribution in [1.29, 1.82) is 0 Å². The fraction of sp³-hybridized carbons (Fsp3) is 0.486. The summed E-state index contributed by atoms with van der Waals surface area (Å²) in [7, 11) is 0. The Hall–Kier alpha value is -1.84. The number of nitrogens with zero attached hydrogens (tertiary/aromatic N) is 1. The second-order valence-electron chi connectivity index (χ2n) is 10.7. The van der Waals surface area contributed by atoms with Crippen LogP contribution in [0.4, 0.5) is 0 Å².